The van der Waals surface area contributed by atoms with Gasteiger partial charge >= 0.3 is 0 Å². The predicted molar refractivity (Wildman–Crippen MR) is 129 cm³/mol. The normalized spacial score (nSPS) is 14.4. The van der Waals surface area contributed by atoms with Crippen molar-refractivity contribution >= 4 is 17.5 Å². The zero-order chi connectivity index (χ0) is 24.1. The largest absolute Gasteiger partial charge is 0.497 e. The number of rotatable bonds is 8. The van der Waals surface area contributed by atoms with Crippen LogP contribution >= 0.6 is 0 Å². The van der Waals surface area contributed by atoms with Gasteiger partial charge in [-0.15, -0.1) is 0 Å². The number of anilines is 1. The van der Waals surface area contributed by atoms with E-state index in [0.29, 0.717) is 22.7 Å². The zero-order valence-corrected chi connectivity index (χ0v) is 19.7. The highest BCUT2D eigenvalue weighted by Gasteiger charge is 2.37. The molecule has 1 saturated carbocycles. The maximum atomic E-state index is 13.8. The van der Waals surface area contributed by atoms with Gasteiger partial charge in [0, 0.05) is 12.1 Å². The Labute approximate surface area is 199 Å². The highest BCUT2D eigenvalue weighted by molar-refractivity contribution is 6.09. The molecular weight excluding hydrogens is 432 g/mol. The van der Waals surface area contributed by atoms with E-state index in [2.05, 4.69) is 5.32 Å². The molecule has 0 bridgehead atoms. The van der Waals surface area contributed by atoms with Gasteiger partial charge < -0.3 is 19.2 Å². The monoisotopic (exact) mass is 462 g/mol. The number of hydrogen-bond donors (Lipinski definition) is 1. The van der Waals surface area contributed by atoms with Crippen LogP contribution < -0.4 is 19.7 Å². The lowest BCUT2D eigenvalue weighted by molar-refractivity contribution is -0.123. The number of benzene rings is 2. The Hall–Kier alpha value is -3.74. The highest BCUT2D eigenvalue weighted by Crippen LogP contribution is 2.38. The van der Waals surface area contributed by atoms with E-state index < -0.39 is 11.9 Å². The molecule has 7 heteroatoms. The van der Waals surface area contributed by atoms with Crippen LogP contribution in [0.5, 0.6) is 11.5 Å². The molecule has 0 radical (unpaired) electrons. The Balaban J connectivity index is 1.86. The van der Waals surface area contributed by atoms with Crippen molar-refractivity contribution in [2.24, 2.45) is 0 Å². The summed E-state index contributed by atoms with van der Waals surface area (Å²) in [6, 6.07) is 15.2. The van der Waals surface area contributed by atoms with Gasteiger partial charge in [0.1, 0.15) is 17.5 Å². The van der Waals surface area contributed by atoms with Crippen LogP contribution in [0.4, 0.5) is 5.69 Å². The molecule has 2 aromatic carbocycles. The van der Waals surface area contributed by atoms with E-state index in [1.54, 1.807) is 37.4 Å². The molecule has 1 atom stereocenters. The van der Waals surface area contributed by atoms with Gasteiger partial charge in [-0.1, -0.05) is 42.7 Å². The number of aryl methyl sites for hydroxylation is 1. The second kappa shape index (κ2) is 10.5. The predicted octanol–water partition coefficient (Wildman–Crippen LogP) is 5.05. The number of amides is 2. The quantitative estimate of drug-likeness (QED) is 0.507. The SMILES string of the molecule is COc1ccc(N(C(=O)c2ccco2)[C@@H](C(=O)NC2CCCC2)c2ccc(C)cc2)c(OC)c1. The Morgan fingerprint density at radius 2 is 1.76 bits per heavy atom. The van der Waals surface area contributed by atoms with Gasteiger partial charge in [0.05, 0.1) is 26.2 Å². The topological polar surface area (TPSA) is 81.0 Å². The van der Waals surface area contributed by atoms with Crippen LogP contribution in [0.15, 0.2) is 65.3 Å². The Morgan fingerprint density at radius 3 is 2.38 bits per heavy atom. The third-order valence-electron chi connectivity index (χ3n) is 6.20. The first kappa shape index (κ1) is 23.4. The summed E-state index contributed by atoms with van der Waals surface area (Å²) in [7, 11) is 3.08. The van der Waals surface area contributed by atoms with E-state index in [1.165, 1.54) is 18.3 Å². The van der Waals surface area contributed by atoms with Crippen molar-refractivity contribution < 1.29 is 23.5 Å². The first-order valence-corrected chi connectivity index (χ1v) is 11.5. The molecule has 1 aromatic heterocycles. The summed E-state index contributed by atoms with van der Waals surface area (Å²) in [6.45, 7) is 1.98. The Kier molecular flexibility index (Phi) is 7.21. The molecule has 178 valence electrons. The van der Waals surface area contributed by atoms with Crippen LogP contribution in [-0.2, 0) is 4.79 Å². The van der Waals surface area contributed by atoms with E-state index in [1.807, 2.05) is 31.2 Å². The molecule has 1 aliphatic rings. The molecule has 3 aromatic rings. The molecule has 7 nitrogen and oxygen atoms in total. The third-order valence-corrected chi connectivity index (χ3v) is 6.20. The van der Waals surface area contributed by atoms with E-state index in [4.69, 9.17) is 13.9 Å². The molecule has 4 rings (SSSR count). The number of nitrogens with one attached hydrogen (secondary N) is 1. The summed E-state index contributed by atoms with van der Waals surface area (Å²) in [6.07, 6.45) is 5.48. The molecule has 2 amide bonds. The second-order valence-corrected chi connectivity index (χ2v) is 8.49. The van der Waals surface area contributed by atoms with Crippen molar-refractivity contribution in [1.29, 1.82) is 0 Å². The summed E-state index contributed by atoms with van der Waals surface area (Å²) in [4.78, 5) is 29.1. The van der Waals surface area contributed by atoms with Crippen LogP contribution in [-0.4, -0.2) is 32.1 Å². The van der Waals surface area contributed by atoms with Crippen molar-refractivity contribution in [2.45, 2.75) is 44.7 Å². The van der Waals surface area contributed by atoms with Gasteiger partial charge in [-0.05, 0) is 49.6 Å². The van der Waals surface area contributed by atoms with Crippen LogP contribution in [0.2, 0.25) is 0 Å². The number of carbonyl (C=O) groups excluding carboxylic acids is 2. The fourth-order valence-electron chi connectivity index (χ4n) is 4.39. The lowest BCUT2D eigenvalue weighted by Crippen LogP contribution is -2.46. The lowest BCUT2D eigenvalue weighted by Gasteiger charge is -2.32. The molecule has 0 aliphatic heterocycles. The zero-order valence-electron chi connectivity index (χ0n) is 19.7. The smallest absolute Gasteiger partial charge is 0.295 e. The van der Waals surface area contributed by atoms with Crippen LogP contribution in [0, 0.1) is 6.92 Å². The van der Waals surface area contributed by atoms with Gasteiger partial charge in [-0.3, -0.25) is 14.5 Å². The average molecular weight is 463 g/mol. The maximum absolute atomic E-state index is 13.8. The third kappa shape index (κ3) is 4.93. The second-order valence-electron chi connectivity index (χ2n) is 8.49. The summed E-state index contributed by atoms with van der Waals surface area (Å²) in [5, 5.41) is 3.17. The number of hydrogen-bond acceptors (Lipinski definition) is 5. The molecule has 1 fully saturated rings. The fraction of sp³-hybridized carbons (Fsp3) is 0.333. The summed E-state index contributed by atoms with van der Waals surface area (Å²) in [5.74, 6) is 0.427. The van der Waals surface area contributed by atoms with Crippen molar-refractivity contribution in [1.82, 2.24) is 5.32 Å². The number of nitrogens with zero attached hydrogens (tertiary/aromatic N) is 1. The van der Waals surface area contributed by atoms with Crippen molar-refractivity contribution in [2.75, 3.05) is 19.1 Å². The van der Waals surface area contributed by atoms with Gasteiger partial charge in [-0.25, -0.2) is 0 Å². The van der Waals surface area contributed by atoms with E-state index in [9.17, 15) is 9.59 Å². The Morgan fingerprint density at radius 1 is 1.03 bits per heavy atom. The van der Waals surface area contributed by atoms with E-state index in [-0.39, 0.29) is 17.7 Å². The molecule has 0 unspecified atom stereocenters. The molecule has 1 heterocycles. The number of carbonyl (C=O) groups is 2. The lowest BCUT2D eigenvalue weighted by atomic mass is 10.0. The number of furan rings is 1. The van der Waals surface area contributed by atoms with Gasteiger partial charge in [0.25, 0.3) is 5.91 Å². The van der Waals surface area contributed by atoms with E-state index in [0.717, 1.165) is 31.2 Å². The molecule has 0 spiro atoms. The van der Waals surface area contributed by atoms with Gasteiger partial charge in [0.15, 0.2) is 5.76 Å². The molecule has 1 aliphatic carbocycles. The maximum Gasteiger partial charge on any atom is 0.295 e. The first-order chi connectivity index (χ1) is 16.5. The summed E-state index contributed by atoms with van der Waals surface area (Å²) in [5.41, 5.74) is 2.19. The fourth-order valence-corrected chi connectivity index (χ4v) is 4.39. The molecule has 34 heavy (non-hydrogen) atoms. The Bertz CT molecular complexity index is 1120. The highest BCUT2D eigenvalue weighted by atomic mass is 16.5. The number of methoxy groups -OCH3 is 2. The minimum atomic E-state index is -0.930. The minimum absolute atomic E-state index is 0.0961. The van der Waals surface area contributed by atoms with Gasteiger partial charge in [0.2, 0.25) is 5.91 Å². The standard InChI is InChI=1S/C27H30N2O5/c1-18-10-12-19(13-11-18)25(26(30)28-20-7-4-5-8-20)29(27(31)23-9-6-16-34-23)22-15-14-21(32-2)17-24(22)33-3/h6,9-17,20,25H,4-5,7-8H2,1-3H3,(H,28,30)/t25-/m1/s1. The van der Waals surface area contributed by atoms with Crippen molar-refractivity contribution in [3.63, 3.8) is 0 Å². The minimum Gasteiger partial charge on any atom is -0.497 e. The average Bonchev–Trinajstić information content (AvgIpc) is 3.57. The van der Waals surface area contributed by atoms with Crippen LogP contribution in [0.1, 0.15) is 53.4 Å². The summed E-state index contributed by atoms with van der Waals surface area (Å²) < 4.78 is 16.4. The van der Waals surface area contributed by atoms with Crippen molar-refractivity contribution in [3.8, 4) is 11.5 Å². The van der Waals surface area contributed by atoms with Gasteiger partial charge in [-0.2, -0.15) is 0 Å². The van der Waals surface area contributed by atoms with Crippen molar-refractivity contribution in [3.05, 3.63) is 77.7 Å². The number of ether oxygens (including phenoxy) is 2. The van der Waals surface area contributed by atoms with E-state index >= 15 is 0 Å². The van der Waals surface area contributed by atoms with Crippen LogP contribution in [0.3, 0.4) is 0 Å². The molecular formula is C27H30N2O5. The first-order valence-electron chi connectivity index (χ1n) is 11.5. The van der Waals surface area contributed by atoms with Crippen LogP contribution in [0.25, 0.3) is 0 Å². The summed E-state index contributed by atoms with van der Waals surface area (Å²) >= 11 is 0. The molecule has 1 N–H and O–H groups in total. The molecule has 0 saturated heterocycles.